The first-order chi connectivity index (χ1) is 9.85. The maximum atomic E-state index is 13.7. The molecule has 0 aromatic heterocycles. The van der Waals surface area contributed by atoms with Gasteiger partial charge in [0.25, 0.3) is 0 Å². The van der Waals surface area contributed by atoms with Crippen molar-refractivity contribution in [1.29, 1.82) is 0 Å². The highest BCUT2D eigenvalue weighted by Crippen LogP contribution is 2.23. The normalized spacial score (nSPS) is 11.2. The van der Waals surface area contributed by atoms with Crippen LogP contribution in [0.25, 0.3) is 0 Å². The summed E-state index contributed by atoms with van der Waals surface area (Å²) in [5, 5.41) is 3.05. The van der Waals surface area contributed by atoms with Crippen LogP contribution in [-0.4, -0.2) is 14.7 Å². The van der Waals surface area contributed by atoms with E-state index in [1.165, 1.54) is 6.07 Å². The van der Waals surface area contributed by atoms with Gasteiger partial charge in [0.05, 0.1) is 17.6 Å². The number of hydrogen-bond acceptors (Lipinski definition) is 3. The monoisotopic (exact) mass is 308 g/mol. The van der Waals surface area contributed by atoms with Gasteiger partial charge < -0.3 is 5.32 Å². The Labute approximate surface area is 124 Å². The van der Waals surface area contributed by atoms with Gasteiger partial charge in [0.1, 0.15) is 5.82 Å². The van der Waals surface area contributed by atoms with Crippen molar-refractivity contribution in [3.63, 3.8) is 0 Å². The first-order valence-electron chi connectivity index (χ1n) is 6.41. The Morgan fingerprint density at radius 2 is 1.76 bits per heavy atom. The molecule has 0 fully saturated rings. The van der Waals surface area contributed by atoms with Gasteiger partial charge in [0, 0.05) is 12.1 Å². The molecular formula is C15H17FN2O2S. The average molecular weight is 308 g/mol. The molecule has 0 spiro atoms. The van der Waals surface area contributed by atoms with E-state index in [4.69, 9.17) is 0 Å². The molecule has 0 aliphatic carbocycles. The maximum Gasteiger partial charge on any atom is 0.229 e. The van der Waals surface area contributed by atoms with E-state index in [1.54, 1.807) is 36.4 Å². The van der Waals surface area contributed by atoms with Crippen molar-refractivity contribution >= 4 is 21.4 Å². The molecule has 0 aliphatic heterocycles. The lowest BCUT2D eigenvalue weighted by Gasteiger charge is -2.13. The van der Waals surface area contributed by atoms with E-state index in [-0.39, 0.29) is 12.4 Å². The Bertz CT molecular complexity index is 745. The molecule has 0 saturated heterocycles. The summed E-state index contributed by atoms with van der Waals surface area (Å²) in [6.45, 7) is 2.16. The Morgan fingerprint density at radius 1 is 1.10 bits per heavy atom. The highest BCUT2D eigenvalue weighted by molar-refractivity contribution is 7.92. The van der Waals surface area contributed by atoms with E-state index in [0.717, 1.165) is 11.8 Å². The molecule has 2 rings (SSSR count). The van der Waals surface area contributed by atoms with E-state index < -0.39 is 10.0 Å². The molecule has 0 unspecified atom stereocenters. The van der Waals surface area contributed by atoms with Gasteiger partial charge in [0.2, 0.25) is 10.0 Å². The number of benzene rings is 2. The fourth-order valence-corrected chi connectivity index (χ4v) is 2.53. The standard InChI is InChI=1S/C15H17FN2O2S/c1-11-7-8-13(16)12(9-11)10-17-14-5-3-4-6-15(14)18-21(2,19)20/h3-9,17-18H,10H2,1-2H3. The van der Waals surface area contributed by atoms with Crippen molar-refractivity contribution in [2.45, 2.75) is 13.5 Å². The number of aryl methyl sites for hydroxylation is 1. The zero-order valence-corrected chi connectivity index (χ0v) is 12.7. The maximum absolute atomic E-state index is 13.7. The first-order valence-corrected chi connectivity index (χ1v) is 8.30. The van der Waals surface area contributed by atoms with Crippen molar-refractivity contribution in [1.82, 2.24) is 0 Å². The Hall–Kier alpha value is -2.08. The highest BCUT2D eigenvalue weighted by atomic mass is 32.2. The quantitative estimate of drug-likeness (QED) is 0.892. The number of nitrogens with one attached hydrogen (secondary N) is 2. The molecule has 0 aliphatic rings. The predicted octanol–water partition coefficient (Wildman–Crippen LogP) is 3.12. The van der Waals surface area contributed by atoms with Crippen LogP contribution < -0.4 is 10.0 Å². The van der Waals surface area contributed by atoms with Crippen LogP contribution in [0.3, 0.4) is 0 Å². The van der Waals surface area contributed by atoms with Crippen molar-refractivity contribution in [2.75, 3.05) is 16.3 Å². The zero-order chi connectivity index (χ0) is 15.5. The molecule has 4 nitrogen and oxygen atoms in total. The van der Waals surface area contributed by atoms with E-state index >= 15 is 0 Å². The molecule has 0 saturated carbocycles. The molecular weight excluding hydrogens is 291 g/mol. The SMILES string of the molecule is Cc1ccc(F)c(CNc2ccccc2NS(C)(=O)=O)c1. The minimum absolute atomic E-state index is 0.274. The lowest BCUT2D eigenvalue weighted by molar-refractivity contribution is 0.606. The van der Waals surface area contributed by atoms with Crippen LogP contribution >= 0.6 is 0 Å². The Morgan fingerprint density at radius 3 is 2.43 bits per heavy atom. The van der Waals surface area contributed by atoms with Gasteiger partial charge in [-0.2, -0.15) is 0 Å². The van der Waals surface area contributed by atoms with Crippen LogP contribution in [0.5, 0.6) is 0 Å². The highest BCUT2D eigenvalue weighted by Gasteiger charge is 2.08. The van der Waals surface area contributed by atoms with Crippen LogP contribution in [0.15, 0.2) is 42.5 Å². The summed E-state index contributed by atoms with van der Waals surface area (Å²) in [5.74, 6) is -0.290. The van der Waals surface area contributed by atoms with Crippen LogP contribution in [0.1, 0.15) is 11.1 Å². The molecule has 2 aromatic carbocycles. The second kappa shape index (κ2) is 6.13. The average Bonchev–Trinajstić information content (AvgIpc) is 2.39. The van der Waals surface area contributed by atoms with Crippen LogP contribution in [0, 0.1) is 12.7 Å². The second-order valence-corrected chi connectivity index (χ2v) is 6.62. The summed E-state index contributed by atoms with van der Waals surface area (Å²) in [7, 11) is -3.36. The van der Waals surface area contributed by atoms with Gasteiger partial charge >= 0.3 is 0 Å². The van der Waals surface area contributed by atoms with Gasteiger partial charge in [-0.3, -0.25) is 4.72 Å². The minimum Gasteiger partial charge on any atom is -0.379 e. The van der Waals surface area contributed by atoms with Gasteiger partial charge in [-0.25, -0.2) is 12.8 Å². The van der Waals surface area contributed by atoms with Gasteiger partial charge in [-0.05, 0) is 25.1 Å². The lowest BCUT2D eigenvalue weighted by Crippen LogP contribution is -2.12. The van der Waals surface area contributed by atoms with Crippen molar-refractivity contribution in [3.8, 4) is 0 Å². The van der Waals surface area contributed by atoms with Crippen LogP contribution in [-0.2, 0) is 16.6 Å². The van der Waals surface area contributed by atoms with E-state index in [9.17, 15) is 12.8 Å². The Kier molecular flexibility index (Phi) is 4.47. The zero-order valence-electron chi connectivity index (χ0n) is 11.9. The lowest BCUT2D eigenvalue weighted by atomic mass is 10.1. The van der Waals surface area contributed by atoms with E-state index in [0.29, 0.717) is 16.9 Å². The Balaban J connectivity index is 2.18. The van der Waals surface area contributed by atoms with Crippen LogP contribution in [0.4, 0.5) is 15.8 Å². The molecule has 6 heteroatoms. The number of rotatable bonds is 5. The molecule has 112 valence electrons. The van der Waals surface area contributed by atoms with Gasteiger partial charge in [-0.1, -0.05) is 29.8 Å². The fraction of sp³-hybridized carbons (Fsp3) is 0.200. The molecule has 0 radical (unpaired) electrons. The number of anilines is 2. The smallest absolute Gasteiger partial charge is 0.229 e. The van der Waals surface area contributed by atoms with E-state index in [1.807, 2.05) is 6.92 Å². The van der Waals surface area contributed by atoms with Crippen molar-refractivity contribution in [3.05, 3.63) is 59.4 Å². The summed E-state index contributed by atoms with van der Waals surface area (Å²) >= 11 is 0. The second-order valence-electron chi connectivity index (χ2n) is 4.87. The predicted molar refractivity (Wildman–Crippen MR) is 83.4 cm³/mol. The minimum atomic E-state index is -3.36. The molecule has 0 amide bonds. The topological polar surface area (TPSA) is 58.2 Å². The summed E-state index contributed by atoms with van der Waals surface area (Å²) in [5.41, 5.74) is 2.54. The third-order valence-electron chi connectivity index (χ3n) is 2.89. The first kappa shape index (κ1) is 15.3. The molecule has 0 bridgehead atoms. The number of para-hydroxylation sites is 2. The number of sulfonamides is 1. The fourth-order valence-electron chi connectivity index (χ4n) is 1.96. The van der Waals surface area contributed by atoms with Crippen LogP contribution in [0.2, 0.25) is 0 Å². The van der Waals surface area contributed by atoms with Crippen molar-refractivity contribution < 1.29 is 12.8 Å². The third-order valence-corrected chi connectivity index (χ3v) is 3.48. The molecule has 21 heavy (non-hydrogen) atoms. The van der Waals surface area contributed by atoms with Gasteiger partial charge in [-0.15, -0.1) is 0 Å². The summed E-state index contributed by atoms with van der Waals surface area (Å²) in [4.78, 5) is 0. The molecule has 2 N–H and O–H groups in total. The van der Waals surface area contributed by atoms with E-state index in [2.05, 4.69) is 10.0 Å². The largest absolute Gasteiger partial charge is 0.379 e. The molecule has 2 aromatic rings. The summed E-state index contributed by atoms with van der Waals surface area (Å²) in [6.07, 6.45) is 1.09. The summed E-state index contributed by atoms with van der Waals surface area (Å²) < 4.78 is 38.8. The number of halogens is 1. The van der Waals surface area contributed by atoms with Crippen molar-refractivity contribution in [2.24, 2.45) is 0 Å². The number of hydrogen-bond donors (Lipinski definition) is 2. The summed E-state index contributed by atoms with van der Waals surface area (Å²) in [6, 6.07) is 11.8. The third kappa shape index (κ3) is 4.46. The molecule has 0 atom stereocenters. The molecule has 0 heterocycles. The van der Waals surface area contributed by atoms with Gasteiger partial charge in [0.15, 0.2) is 0 Å².